The Hall–Kier alpha value is -3.18. The summed E-state index contributed by atoms with van der Waals surface area (Å²) in [6.07, 6.45) is 1.95. The van der Waals surface area contributed by atoms with Crippen molar-refractivity contribution < 1.29 is 33.2 Å². The zero-order chi connectivity index (χ0) is 37.9. The lowest BCUT2D eigenvalue weighted by Gasteiger charge is -2.43. The highest BCUT2D eigenvalue weighted by atomic mass is 28.4. The first kappa shape index (κ1) is 47.8. The fraction of sp³-hybridized carbons (Fsp3) is 0.467. The molecule has 294 valence electrons. The molecule has 0 radical (unpaired) electrons. The van der Waals surface area contributed by atoms with E-state index in [9.17, 15) is 5.11 Å². The third-order valence-electron chi connectivity index (χ3n) is 8.48. The van der Waals surface area contributed by atoms with Crippen molar-refractivity contribution in [2.75, 3.05) is 53.9 Å². The van der Waals surface area contributed by atoms with E-state index >= 15 is 0 Å². The lowest BCUT2D eigenvalue weighted by molar-refractivity contribution is -0.0169. The molecule has 0 aliphatic heterocycles. The Morgan fingerprint density at radius 3 is 1.36 bits per heavy atom. The number of hydrogen-bond acceptors (Lipinski definition) is 7. The monoisotopic (exact) mass is 748 g/mol. The summed E-state index contributed by atoms with van der Waals surface area (Å²) in [6, 6.07) is 41.3. The molecule has 1 N–H and O–H groups in total. The Labute approximate surface area is 322 Å². The molecule has 0 aliphatic rings. The van der Waals surface area contributed by atoms with Gasteiger partial charge in [-0.1, -0.05) is 163 Å². The summed E-state index contributed by atoms with van der Waals surface area (Å²) in [5.41, 5.74) is 2.44. The van der Waals surface area contributed by atoms with Crippen LogP contribution in [0.1, 0.15) is 66.0 Å². The highest BCUT2D eigenvalue weighted by molar-refractivity contribution is 6.99. The first-order valence-corrected chi connectivity index (χ1v) is 20.4. The molecule has 8 heteroatoms. The smallest absolute Gasteiger partial charge is 0.261 e. The summed E-state index contributed by atoms with van der Waals surface area (Å²) in [5.74, 6) is 0. The van der Waals surface area contributed by atoms with Crippen molar-refractivity contribution in [1.29, 1.82) is 0 Å². The predicted octanol–water partition coefficient (Wildman–Crippen LogP) is 8.46. The van der Waals surface area contributed by atoms with E-state index in [4.69, 9.17) is 28.1 Å². The lowest BCUT2D eigenvalue weighted by atomic mass is 10.2. The maximum Gasteiger partial charge on any atom is 0.261 e. The molecule has 0 amide bonds. The molecule has 0 aliphatic carbocycles. The second-order valence-electron chi connectivity index (χ2n) is 13.4. The average Bonchev–Trinajstić information content (AvgIpc) is 3.18. The molecular formula is C45H68O7Si. The number of hydrogen-bond donors (Lipinski definition) is 1. The van der Waals surface area contributed by atoms with E-state index in [0.717, 1.165) is 26.1 Å². The second-order valence-corrected chi connectivity index (χ2v) is 17.7. The van der Waals surface area contributed by atoms with Gasteiger partial charge in [0.2, 0.25) is 0 Å². The fourth-order valence-electron chi connectivity index (χ4n) is 5.53. The standard InChI is InChI=1S/C20H28O3Si.C14H22O3.C10H14O.CH4/c1-20(2,3)24(18-11-7-5-8-12-18,19-13-9-6-10-14-19)23-16-17(15-21)22-4;1-3-14(15-2)12-17-10-9-16-11-13-7-5-4-6-8-13;1-2-8-11-9-10-6-4-3-5-7-10;/h5-14,17,21H,15-16H2,1-4H3;4-8,14H,3,9-12H2,1-2H3;3-7H,2,8-9H2,1H3;1H4. The Balaban J connectivity index is 0.000000423. The van der Waals surface area contributed by atoms with E-state index in [1.54, 1.807) is 14.2 Å². The van der Waals surface area contributed by atoms with Crippen molar-refractivity contribution in [3.05, 3.63) is 132 Å². The first-order valence-electron chi connectivity index (χ1n) is 18.5. The normalized spacial score (nSPS) is 12.3. The highest BCUT2D eigenvalue weighted by Gasteiger charge is 2.50. The Morgan fingerprint density at radius 1 is 0.566 bits per heavy atom. The van der Waals surface area contributed by atoms with Crippen LogP contribution in [0.3, 0.4) is 0 Å². The molecule has 0 fully saturated rings. The summed E-state index contributed by atoms with van der Waals surface area (Å²) in [5, 5.41) is 11.9. The van der Waals surface area contributed by atoms with E-state index in [-0.39, 0.29) is 31.3 Å². The molecule has 7 nitrogen and oxygen atoms in total. The molecule has 0 heterocycles. The Bertz CT molecular complexity index is 1340. The fourth-order valence-corrected chi connectivity index (χ4v) is 10.1. The van der Waals surface area contributed by atoms with Crippen molar-refractivity contribution in [1.82, 2.24) is 0 Å². The van der Waals surface area contributed by atoms with E-state index in [1.165, 1.54) is 21.5 Å². The minimum atomic E-state index is -2.54. The van der Waals surface area contributed by atoms with Crippen LogP contribution >= 0.6 is 0 Å². The van der Waals surface area contributed by atoms with Crippen LogP contribution in [0.4, 0.5) is 0 Å². The first-order chi connectivity index (χ1) is 25.2. The van der Waals surface area contributed by atoms with Crippen molar-refractivity contribution in [2.24, 2.45) is 0 Å². The van der Waals surface area contributed by atoms with Crippen molar-refractivity contribution in [2.45, 2.75) is 85.3 Å². The molecular weight excluding hydrogens is 681 g/mol. The zero-order valence-electron chi connectivity index (χ0n) is 32.7. The van der Waals surface area contributed by atoms with Gasteiger partial charge in [0.15, 0.2) is 0 Å². The van der Waals surface area contributed by atoms with Gasteiger partial charge in [0.1, 0.15) is 6.10 Å². The van der Waals surface area contributed by atoms with Crippen LogP contribution in [0.2, 0.25) is 5.04 Å². The molecule has 0 saturated heterocycles. The van der Waals surface area contributed by atoms with Crippen LogP contribution in [-0.4, -0.2) is 79.5 Å². The number of rotatable bonds is 20. The van der Waals surface area contributed by atoms with Crippen LogP contribution in [0, 0.1) is 0 Å². The summed E-state index contributed by atoms with van der Waals surface area (Å²) in [6.45, 7) is 15.4. The highest BCUT2D eigenvalue weighted by Crippen LogP contribution is 2.36. The zero-order valence-corrected chi connectivity index (χ0v) is 33.7. The molecule has 0 aromatic heterocycles. The molecule has 53 heavy (non-hydrogen) atoms. The maximum absolute atomic E-state index is 9.48. The summed E-state index contributed by atoms with van der Waals surface area (Å²) >= 11 is 0. The molecule has 4 rings (SSSR count). The second kappa shape index (κ2) is 28.3. The largest absolute Gasteiger partial charge is 0.405 e. The number of aliphatic hydroxyl groups is 1. The average molecular weight is 749 g/mol. The van der Waals surface area contributed by atoms with Gasteiger partial charge < -0.3 is 33.2 Å². The van der Waals surface area contributed by atoms with Gasteiger partial charge in [0.05, 0.1) is 52.4 Å². The minimum Gasteiger partial charge on any atom is -0.405 e. The van der Waals surface area contributed by atoms with Gasteiger partial charge in [0, 0.05) is 20.8 Å². The van der Waals surface area contributed by atoms with E-state index in [0.29, 0.717) is 33.0 Å². The third-order valence-corrected chi connectivity index (χ3v) is 13.5. The van der Waals surface area contributed by atoms with Gasteiger partial charge in [-0.25, -0.2) is 0 Å². The van der Waals surface area contributed by atoms with Crippen molar-refractivity contribution in [3.8, 4) is 0 Å². The van der Waals surface area contributed by atoms with E-state index in [2.05, 4.69) is 107 Å². The summed E-state index contributed by atoms with van der Waals surface area (Å²) in [7, 11) is 0.783. The molecule has 4 aromatic carbocycles. The SMILES string of the molecule is C.CCC(COCCOCc1ccccc1)OC.CCCOCc1ccccc1.COC(CO)CO[Si](c1ccccc1)(c1ccccc1)C(C)(C)C. The van der Waals surface area contributed by atoms with Crippen LogP contribution in [0.25, 0.3) is 0 Å². The maximum atomic E-state index is 9.48. The Morgan fingerprint density at radius 2 is 0.981 bits per heavy atom. The molecule has 0 bridgehead atoms. The molecule has 0 saturated carbocycles. The van der Waals surface area contributed by atoms with Gasteiger partial charge in [0.25, 0.3) is 8.32 Å². The van der Waals surface area contributed by atoms with Gasteiger partial charge >= 0.3 is 0 Å². The van der Waals surface area contributed by atoms with E-state index in [1.807, 2.05) is 48.5 Å². The van der Waals surface area contributed by atoms with Crippen LogP contribution in [0.15, 0.2) is 121 Å². The molecule has 2 unspecified atom stereocenters. The number of methoxy groups -OCH3 is 2. The third kappa shape index (κ3) is 17.7. The van der Waals surface area contributed by atoms with Crippen molar-refractivity contribution >= 4 is 18.7 Å². The van der Waals surface area contributed by atoms with Crippen molar-refractivity contribution in [3.63, 3.8) is 0 Å². The van der Waals surface area contributed by atoms with Gasteiger partial charge in [-0.3, -0.25) is 0 Å². The topological polar surface area (TPSA) is 75.6 Å². The summed E-state index contributed by atoms with van der Waals surface area (Å²) in [4.78, 5) is 0. The number of aliphatic hydroxyl groups excluding tert-OH is 1. The van der Waals surface area contributed by atoms with Gasteiger partial charge in [-0.15, -0.1) is 0 Å². The quantitative estimate of drug-likeness (QED) is 0.0718. The van der Waals surface area contributed by atoms with Crippen LogP contribution < -0.4 is 10.4 Å². The van der Waals surface area contributed by atoms with Crippen LogP contribution in [0.5, 0.6) is 0 Å². The molecule has 2 atom stereocenters. The van der Waals surface area contributed by atoms with Crippen LogP contribution in [-0.2, 0) is 41.3 Å². The number of benzene rings is 4. The van der Waals surface area contributed by atoms with Gasteiger partial charge in [-0.05, 0) is 39.4 Å². The minimum absolute atomic E-state index is 0. The number of ether oxygens (including phenoxy) is 5. The Kier molecular flexibility index (Phi) is 25.5. The lowest BCUT2D eigenvalue weighted by Crippen LogP contribution is -2.67. The van der Waals surface area contributed by atoms with E-state index < -0.39 is 8.32 Å². The molecule has 4 aromatic rings. The molecule has 0 spiro atoms. The summed E-state index contributed by atoms with van der Waals surface area (Å²) < 4.78 is 33.5. The van der Waals surface area contributed by atoms with Gasteiger partial charge in [-0.2, -0.15) is 0 Å². The predicted molar refractivity (Wildman–Crippen MR) is 223 cm³/mol.